The van der Waals surface area contributed by atoms with E-state index in [2.05, 4.69) is 456 Å². The van der Waals surface area contributed by atoms with E-state index in [0.717, 1.165) is 118 Å². The lowest BCUT2D eigenvalue weighted by Crippen LogP contribution is -2.61. The molecule has 0 fully saturated rings. The Morgan fingerprint density at radius 2 is 0.552 bits per heavy atom. The Kier molecular flexibility index (Phi) is 16.8. The zero-order valence-electron chi connectivity index (χ0n) is 66.0. The molecule has 550 valence electrons. The fourth-order valence-electron chi connectivity index (χ4n) is 18.8. The standard InChI is InChI=1S/C112H84BN3/c1-111(2,3)85-56-62-100-95(70-85)96-71-86(112(4,5)6)57-63-101(96)114(100)87-58-61-99-105(72-87)116(110-93(77-42-23-11-24-43-77)67-84(74-36-17-8-18-37-74)68-94(110)78-44-25-12-26-45-78)103-53-33-52-102-108(103)113(99)98-60-55-82(81-54-59-90-97(64-81)107(80-48-29-14-30-49-80)89-51-32-31-50-88(89)106(90)79-46-27-13-28-47-79)69-104(98)115(102)109-91(75-38-19-9-20-39-75)65-83(73-34-15-7-16-35-73)66-92(109)76-40-21-10-22-41-76/h7-72H,1-6H3. The van der Waals surface area contributed by atoms with Gasteiger partial charge in [0, 0.05) is 61.5 Å². The molecule has 3 nitrogen and oxygen atoms in total. The summed E-state index contributed by atoms with van der Waals surface area (Å²) in [7, 11) is 0. The third-order valence-electron chi connectivity index (χ3n) is 24.4. The van der Waals surface area contributed by atoms with Crippen LogP contribution in [0.15, 0.2) is 400 Å². The van der Waals surface area contributed by atoms with E-state index in [4.69, 9.17) is 0 Å². The Bertz CT molecular complexity index is 6850. The Labute approximate surface area is 680 Å². The van der Waals surface area contributed by atoms with Gasteiger partial charge in [0.15, 0.2) is 0 Å². The van der Waals surface area contributed by atoms with Gasteiger partial charge in [-0.15, -0.1) is 0 Å². The lowest BCUT2D eigenvalue weighted by atomic mass is 9.33. The molecule has 4 heteroatoms. The summed E-state index contributed by atoms with van der Waals surface area (Å²) in [5, 5.41) is 7.38. The van der Waals surface area contributed by atoms with E-state index in [1.165, 1.54) is 93.1 Å². The van der Waals surface area contributed by atoms with Crippen LogP contribution in [0.2, 0.25) is 0 Å². The summed E-state index contributed by atoms with van der Waals surface area (Å²) in [6, 6.07) is 151. The predicted octanol–water partition coefficient (Wildman–Crippen LogP) is 28.8. The maximum Gasteiger partial charge on any atom is 0.252 e. The second kappa shape index (κ2) is 27.9. The maximum absolute atomic E-state index is 2.69. The van der Waals surface area contributed by atoms with Gasteiger partial charge >= 0.3 is 0 Å². The van der Waals surface area contributed by atoms with Crippen molar-refractivity contribution in [3.63, 3.8) is 0 Å². The molecule has 3 heterocycles. The molecule has 116 heavy (non-hydrogen) atoms. The van der Waals surface area contributed by atoms with Crippen molar-refractivity contribution >= 4 is 101 Å². The van der Waals surface area contributed by atoms with Crippen molar-refractivity contribution in [1.82, 2.24) is 4.57 Å². The topological polar surface area (TPSA) is 11.4 Å². The zero-order chi connectivity index (χ0) is 77.9. The van der Waals surface area contributed by atoms with Crippen LogP contribution in [0.25, 0.3) is 149 Å². The Morgan fingerprint density at radius 1 is 0.216 bits per heavy atom. The highest BCUT2D eigenvalue weighted by atomic mass is 15.2. The average molecular weight is 1480 g/mol. The Hall–Kier alpha value is -14.1. The number of rotatable bonds is 12. The first-order valence-electron chi connectivity index (χ1n) is 40.7. The first kappa shape index (κ1) is 69.9. The van der Waals surface area contributed by atoms with Crippen LogP contribution < -0.4 is 26.2 Å². The number of nitrogens with zero attached hydrogens (tertiary/aromatic N) is 3. The summed E-state index contributed by atoms with van der Waals surface area (Å²) in [6.45, 7) is 13.7. The van der Waals surface area contributed by atoms with E-state index in [0.29, 0.717) is 0 Å². The van der Waals surface area contributed by atoms with Crippen molar-refractivity contribution in [1.29, 1.82) is 0 Å². The van der Waals surface area contributed by atoms with Gasteiger partial charge in [0.1, 0.15) is 0 Å². The van der Waals surface area contributed by atoms with Gasteiger partial charge in [0.2, 0.25) is 0 Å². The van der Waals surface area contributed by atoms with E-state index >= 15 is 0 Å². The lowest BCUT2D eigenvalue weighted by molar-refractivity contribution is 0.590. The van der Waals surface area contributed by atoms with Gasteiger partial charge in [-0.25, -0.2) is 0 Å². The van der Waals surface area contributed by atoms with Gasteiger partial charge in [-0.1, -0.05) is 357 Å². The zero-order valence-corrected chi connectivity index (χ0v) is 66.0. The highest BCUT2D eigenvalue weighted by Gasteiger charge is 2.46. The van der Waals surface area contributed by atoms with Crippen molar-refractivity contribution in [3.8, 4) is 106 Å². The fourth-order valence-corrected chi connectivity index (χ4v) is 18.8. The average Bonchev–Trinajstić information content (AvgIpc) is 0.780. The third-order valence-corrected chi connectivity index (χ3v) is 24.4. The molecule has 0 N–H and O–H groups in total. The molecule has 18 aromatic carbocycles. The molecule has 0 atom stereocenters. The second-order valence-corrected chi connectivity index (χ2v) is 33.5. The lowest BCUT2D eigenvalue weighted by Gasteiger charge is -2.46. The summed E-state index contributed by atoms with van der Waals surface area (Å²) in [5.41, 5.74) is 36.9. The number of hydrogen-bond acceptors (Lipinski definition) is 2. The largest absolute Gasteiger partial charge is 0.310 e. The second-order valence-electron chi connectivity index (χ2n) is 33.5. The number of aromatic nitrogens is 1. The van der Waals surface area contributed by atoms with E-state index in [9.17, 15) is 0 Å². The van der Waals surface area contributed by atoms with Crippen LogP contribution in [0.5, 0.6) is 0 Å². The van der Waals surface area contributed by atoms with Gasteiger partial charge in [-0.05, 0) is 223 Å². The molecular formula is C112H84BN3. The van der Waals surface area contributed by atoms with Gasteiger partial charge in [-0.3, -0.25) is 0 Å². The van der Waals surface area contributed by atoms with E-state index in [1.54, 1.807) is 0 Å². The predicted molar refractivity (Wildman–Crippen MR) is 496 cm³/mol. The molecule has 0 bridgehead atoms. The molecule has 2 aliphatic rings. The molecule has 2 aliphatic heterocycles. The Balaban J connectivity index is 0.898. The van der Waals surface area contributed by atoms with Crippen molar-refractivity contribution in [2.45, 2.75) is 52.4 Å². The molecule has 0 radical (unpaired) electrons. The molecular weight excluding hydrogens is 1400 g/mol. The minimum absolute atomic E-state index is 0.0699. The molecule has 0 saturated carbocycles. The van der Waals surface area contributed by atoms with Gasteiger partial charge in [0.25, 0.3) is 6.71 Å². The van der Waals surface area contributed by atoms with Crippen molar-refractivity contribution in [2.75, 3.05) is 9.80 Å². The van der Waals surface area contributed by atoms with E-state index in [1.807, 2.05) is 0 Å². The number of fused-ring (bicyclic) bond motifs is 9. The first-order chi connectivity index (χ1) is 56.8. The highest BCUT2D eigenvalue weighted by Crippen LogP contribution is 2.56. The number of anilines is 6. The number of hydrogen-bond donors (Lipinski definition) is 0. The van der Waals surface area contributed by atoms with Crippen LogP contribution in [0.3, 0.4) is 0 Å². The van der Waals surface area contributed by atoms with Gasteiger partial charge in [-0.2, -0.15) is 0 Å². The summed E-state index contributed by atoms with van der Waals surface area (Å²) in [4.78, 5) is 5.38. The van der Waals surface area contributed by atoms with Crippen LogP contribution in [0, 0.1) is 0 Å². The van der Waals surface area contributed by atoms with Crippen molar-refractivity contribution in [3.05, 3.63) is 412 Å². The third kappa shape index (κ3) is 11.8. The maximum atomic E-state index is 2.69. The summed E-state index contributed by atoms with van der Waals surface area (Å²) >= 11 is 0. The van der Waals surface area contributed by atoms with Crippen LogP contribution in [0.4, 0.5) is 34.1 Å². The van der Waals surface area contributed by atoms with Gasteiger partial charge in [0.05, 0.1) is 22.4 Å². The monoisotopic (exact) mass is 1480 g/mol. The van der Waals surface area contributed by atoms with Crippen LogP contribution in [-0.2, 0) is 10.8 Å². The van der Waals surface area contributed by atoms with E-state index < -0.39 is 0 Å². The smallest absolute Gasteiger partial charge is 0.252 e. The molecule has 0 aliphatic carbocycles. The molecule has 19 aromatic rings. The fraction of sp³-hybridized carbons (Fsp3) is 0.0714. The summed E-state index contributed by atoms with van der Waals surface area (Å²) in [6.07, 6.45) is 0. The van der Waals surface area contributed by atoms with Crippen molar-refractivity contribution < 1.29 is 0 Å². The quantitative estimate of drug-likeness (QED) is 0.0892. The van der Waals surface area contributed by atoms with Gasteiger partial charge < -0.3 is 14.4 Å². The minimum Gasteiger partial charge on any atom is -0.310 e. The van der Waals surface area contributed by atoms with Crippen LogP contribution in [0.1, 0.15) is 52.7 Å². The summed E-state index contributed by atoms with van der Waals surface area (Å²) in [5.74, 6) is 0. The number of benzene rings is 18. The highest BCUT2D eigenvalue weighted by molar-refractivity contribution is 7.00. The summed E-state index contributed by atoms with van der Waals surface area (Å²) < 4.78 is 2.55. The Morgan fingerprint density at radius 3 is 0.957 bits per heavy atom. The van der Waals surface area contributed by atoms with Crippen LogP contribution in [-0.4, -0.2) is 11.3 Å². The molecule has 21 rings (SSSR count). The molecule has 1 aromatic heterocycles. The molecule has 0 saturated heterocycles. The SMILES string of the molecule is CC(C)(C)c1ccc2c(c1)c1cc(C(C)(C)C)ccc1n2-c1ccc2c(c1)N(c1c(-c3ccccc3)cc(-c3ccccc3)cc1-c1ccccc1)c1cccc3c1B2c1ccc(-c2ccc4c(-c5ccccc5)c5ccccc5c(-c5ccccc5)c4c2)cc1N3c1c(-c2ccccc2)cc(-c2ccccc2)cc1-c1ccccc1. The normalized spacial score (nSPS) is 12.5. The molecule has 0 amide bonds. The van der Waals surface area contributed by atoms with Crippen LogP contribution >= 0.6 is 0 Å². The van der Waals surface area contributed by atoms with E-state index in [-0.39, 0.29) is 17.5 Å². The van der Waals surface area contributed by atoms with Crippen molar-refractivity contribution in [2.24, 2.45) is 0 Å². The first-order valence-corrected chi connectivity index (χ1v) is 40.7. The molecule has 0 unspecified atom stereocenters. The minimum atomic E-state index is -0.266. The molecule has 0 spiro atoms.